The van der Waals surface area contributed by atoms with Crippen molar-refractivity contribution in [3.8, 4) is 5.75 Å². The van der Waals surface area contributed by atoms with Crippen LogP contribution in [0.25, 0.3) is 0 Å². The van der Waals surface area contributed by atoms with Gasteiger partial charge in [-0.05, 0) is 44.9 Å². The molecule has 1 aliphatic heterocycles. The minimum absolute atomic E-state index is 0.0203. The number of carbonyl (C=O) groups is 2. The second-order valence-corrected chi connectivity index (χ2v) is 10.8. The number of nitrogens with one attached hydrogen (secondary N) is 1. The fraction of sp³-hybridized carbons (Fsp3) is 0.538. The standard InChI is InChI=1S/C26H37N5O4/c1-18-14-19(8-9-21(18)29-22(32)25(2,3)4)17-34-20-15-27-23(28-16-20)30-10-12-31(13-11-30)24(33)35-26(5,6)7/h8-9,14-16H,10-13,17H2,1-7H3,(H,29,32). The summed E-state index contributed by atoms with van der Waals surface area (Å²) in [4.78, 5) is 37.1. The molecule has 2 heterocycles. The van der Waals surface area contributed by atoms with Gasteiger partial charge in [-0.1, -0.05) is 32.9 Å². The van der Waals surface area contributed by atoms with Crippen LogP contribution in [0.1, 0.15) is 52.7 Å². The van der Waals surface area contributed by atoms with Gasteiger partial charge in [0, 0.05) is 37.3 Å². The Morgan fingerprint density at radius 2 is 1.63 bits per heavy atom. The van der Waals surface area contributed by atoms with Crippen LogP contribution in [0.4, 0.5) is 16.4 Å². The molecule has 9 nitrogen and oxygen atoms in total. The number of ether oxygens (including phenoxy) is 2. The maximum absolute atomic E-state index is 12.2. The van der Waals surface area contributed by atoms with Crippen molar-refractivity contribution in [2.24, 2.45) is 5.41 Å². The minimum atomic E-state index is -0.504. The molecule has 1 fully saturated rings. The molecule has 1 saturated heterocycles. The first-order valence-electron chi connectivity index (χ1n) is 11.9. The van der Waals surface area contributed by atoms with Crippen molar-refractivity contribution in [2.75, 3.05) is 36.4 Å². The fourth-order valence-electron chi connectivity index (χ4n) is 3.39. The summed E-state index contributed by atoms with van der Waals surface area (Å²) in [7, 11) is 0. The summed E-state index contributed by atoms with van der Waals surface area (Å²) in [6.07, 6.45) is 3.03. The zero-order chi connectivity index (χ0) is 25.8. The maximum atomic E-state index is 12.2. The second kappa shape index (κ2) is 10.5. The fourth-order valence-corrected chi connectivity index (χ4v) is 3.39. The zero-order valence-corrected chi connectivity index (χ0v) is 21.8. The highest BCUT2D eigenvalue weighted by Gasteiger charge is 2.26. The Morgan fingerprint density at radius 3 is 2.17 bits per heavy atom. The monoisotopic (exact) mass is 483 g/mol. The third kappa shape index (κ3) is 7.56. The Labute approximate surface area is 207 Å². The molecule has 35 heavy (non-hydrogen) atoms. The van der Waals surface area contributed by atoms with Gasteiger partial charge >= 0.3 is 6.09 Å². The van der Waals surface area contributed by atoms with Gasteiger partial charge in [-0.15, -0.1) is 0 Å². The quantitative estimate of drug-likeness (QED) is 0.673. The van der Waals surface area contributed by atoms with Gasteiger partial charge in [0.15, 0.2) is 5.75 Å². The molecule has 3 rings (SSSR count). The number of hydrogen-bond acceptors (Lipinski definition) is 7. The van der Waals surface area contributed by atoms with Crippen molar-refractivity contribution in [1.82, 2.24) is 14.9 Å². The SMILES string of the molecule is Cc1cc(COc2cnc(N3CCN(C(=O)OC(C)(C)C)CC3)nc2)ccc1NC(=O)C(C)(C)C. The van der Waals surface area contributed by atoms with E-state index >= 15 is 0 Å². The summed E-state index contributed by atoms with van der Waals surface area (Å²) in [6, 6.07) is 5.83. The number of aromatic nitrogens is 2. The number of piperazine rings is 1. The molecular formula is C26H37N5O4. The molecular weight excluding hydrogens is 446 g/mol. The highest BCUT2D eigenvalue weighted by Crippen LogP contribution is 2.22. The molecule has 1 N–H and O–H groups in total. The number of anilines is 2. The van der Waals surface area contributed by atoms with Crippen molar-refractivity contribution >= 4 is 23.6 Å². The van der Waals surface area contributed by atoms with Crippen molar-refractivity contribution < 1.29 is 19.1 Å². The van der Waals surface area contributed by atoms with E-state index in [0.29, 0.717) is 44.5 Å². The van der Waals surface area contributed by atoms with Gasteiger partial charge in [-0.3, -0.25) is 4.79 Å². The third-order valence-electron chi connectivity index (χ3n) is 5.45. The smallest absolute Gasteiger partial charge is 0.410 e. The summed E-state index contributed by atoms with van der Waals surface area (Å²) in [5.74, 6) is 1.16. The average Bonchev–Trinajstić information content (AvgIpc) is 2.78. The summed E-state index contributed by atoms with van der Waals surface area (Å²) < 4.78 is 11.3. The topological polar surface area (TPSA) is 96.9 Å². The molecule has 0 atom stereocenters. The predicted octanol–water partition coefficient (Wildman–Crippen LogP) is 4.41. The van der Waals surface area contributed by atoms with Gasteiger partial charge in [0.2, 0.25) is 11.9 Å². The van der Waals surface area contributed by atoms with Crippen molar-refractivity contribution in [3.63, 3.8) is 0 Å². The lowest BCUT2D eigenvalue weighted by molar-refractivity contribution is -0.123. The van der Waals surface area contributed by atoms with E-state index in [-0.39, 0.29) is 12.0 Å². The summed E-state index contributed by atoms with van der Waals surface area (Å²) in [6.45, 7) is 16.0. The number of rotatable bonds is 5. The molecule has 1 aliphatic rings. The number of amides is 2. The van der Waals surface area contributed by atoms with Crippen LogP contribution in [0, 0.1) is 12.3 Å². The first kappa shape index (κ1) is 26.2. The first-order chi connectivity index (χ1) is 16.3. The van der Waals surface area contributed by atoms with Crippen LogP contribution in [0.2, 0.25) is 0 Å². The van der Waals surface area contributed by atoms with Gasteiger partial charge in [0.1, 0.15) is 12.2 Å². The van der Waals surface area contributed by atoms with Gasteiger partial charge < -0.3 is 24.6 Å². The molecule has 0 saturated carbocycles. The molecule has 2 aromatic rings. The van der Waals surface area contributed by atoms with Gasteiger partial charge in [0.25, 0.3) is 0 Å². The first-order valence-corrected chi connectivity index (χ1v) is 11.9. The lowest BCUT2D eigenvalue weighted by Gasteiger charge is -2.35. The van der Waals surface area contributed by atoms with Crippen LogP contribution in [0.3, 0.4) is 0 Å². The Morgan fingerprint density at radius 1 is 1.00 bits per heavy atom. The normalized spacial score (nSPS) is 14.5. The summed E-state index contributed by atoms with van der Waals surface area (Å²) >= 11 is 0. The summed E-state index contributed by atoms with van der Waals surface area (Å²) in [5.41, 5.74) is 1.80. The summed E-state index contributed by atoms with van der Waals surface area (Å²) in [5, 5.41) is 2.97. The third-order valence-corrected chi connectivity index (χ3v) is 5.45. The van der Waals surface area contributed by atoms with E-state index in [1.807, 2.05) is 71.6 Å². The van der Waals surface area contributed by atoms with Crippen LogP contribution < -0.4 is 15.0 Å². The van der Waals surface area contributed by atoms with E-state index in [4.69, 9.17) is 9.47 Å². The largest absolute Gasteiger partial charge is 0.486 e. The zero-order valence-electron chi connectivity index (χ0n) is 21.8. The van der Waals surface area contributed by atoms with Crippen LogP contribution in [0.5, 0.6) is 5.75 Å². The highest BCUT2D eigenvalue weighted by atomic mass is 16.6. The van der Waals surface area contributed by atoms with E-state index in [2.05, 4.69) is 15.3 Å². The predicted molar refractivity (Wildman–Crippen MR) is 136 cm³/mol. The van der Waals surface area contributed by atoms with Gasteiger partial charge in [-0.25, -0.2) is 14.8 Å². The van der Waals surface area contributed by atoms with Crippen LogP contribution in [-0.4, -0.2) is 58.6 Å². The molecule has 9 heteroatoms. The molecule has 1 aromatic heterocycles. The van der Waals surface area contributed by atoms with Crippen molar-refractivity contribution in [3.05, 3.63) is 41.7 Å². The maximum Gasteiger partial charge on any atom is 0.410 e. The van der Waals surface area contributed by atoms with E-state index in [1.165, 1.54) is 0 Å². The van der Waals surface area contributed by atoms with Crippen LogP contribution in [-0.2, 0) is 16.1 Å². The Balaban J connectivity index is 1.50. The van der Waals surface area contributed by atoms with E-state index in [0.717, 1.165) is 16.8 Å². The molecule has 0 radical (unpaired) electrons. The van der Waals surface area contributed by atoms with Crippen LogP contribution >= 0.6 is 0 Å². The molecule has 0 bridgehead atoms. The van der Waals surface area contributed by atoms with Crippen LogP contribution in [0.15, 0.2) is 30.6 Å². The molecule has 2 amide bonds. The van der Waals surface area contributed by atoms with Gasteiger partial charge in [0.05, 0.1) is 12.4 Å². The molecule has 1 aromatic carbocycles. The minimum Gasteiger partial charge on any atom is -0.486 e. The Hall–Kier alpha value is -3.36. The van der Waals surface area contributed by atoms with E-state index in [1.54, 1.807) is 17.3 Å². The average molecular weight is 484 g/mol. The van der Waals surface area contributed by atoms with E-state index < -0.39 is 11.0 Å². The Kier molecular flexibility index (Phi) is 7.87. The number of carbonyl (C=O) groups excluding carboxylic acids is 2. The highest BCUT2D eigenvalue weighted by molar-refractivity contribution is 5.95. The lowest BCUT2D eigenvalue weighted by Crippen LogP contribution is -2.50. The molecule has 0 spiro atoms. The number of nitrogens with zero attached hydrogens (tertiary/aromatic N) is 4. The molecule has 190 valence electrons. The molecule has 0 unspecified atom stereocenters. The lowest BCUT2D eigenvalue weighted by atomic mass is 9.95. The van der Waals surface area contributed by atoms with Gasteiger partial charge in [-0.2, -0.15) is 0 Å². The number of benzene rings is 1. The number of hydrogen-bond donors (Lipinski definition) is 1. The van der Waals surface area contributed by atoms with Crippen molar-refractivity contribution in [2.45, 2.75) is 60.7 Å². The van der Waals surface area contributed by atoms with Crippen molar-refractivity contribution in [1.29, 1.82) is 0 Å². The van der Waals surface area contributed by atoms with E-state index in [9.17, 15) is 9.59 Å². The second-order valence-electron chi connectivity index (χ2n) is 10.8. The number of aryl methyl sites for hydroxylation is 1. The Bertz CT molecular complexity index is 1030. The molecule has 0 aliphatic carbocycles.